The highest BCUT2D eigenvalue weighted by atomic mass is 16.5. The summed E-state index contributed by atoms with van der Waals surface area (Å²) in [5, 5.41) is 13.5. The van der Waals surface area contributed by atoms with E-state index < -0.39 is 5.60 Å². The van der Waals surface area contributed by atoms with E-state index >= 15 is 0 Å². The third kappa shape index (κ3) is 5.11. The van der Waals surface area contributed by atoms with Crippen molar-refractivity contribution in [3.05, 3.63) is 24.3 Å². The van der Waals surface area contributed by atoms with Gasteiger partial charge in [-0.15, -0.1) is 0 Å². The molecule has 1 aromatic rings. The van der Waals surface area contributed by atoms with Crippen molar-refractivity contribution in [1.82, 2.24) is 0 Å². The van der Waals surface area contributed by atoms with E-state index in [-0.39, 0.29) is 6.10 Å². The molecule has 19 heavy (non-hydrogen) atoms. The normalized spacial score (nSPS) is 13.1. The Hall–Kier alpha value is -1.22. The lowest BCUT2D eigenvalue weighted by Crippen LogP contribution is -2.35. The summed E-state index contributed by atoms with van der Waals surface area (Å²) in [6, 6.07) is 7.91. The van der Waals surface area contributed by atoms with Gasteiger partial charge in [0.1, 0.15) is 5.75 Å². The molecule has 0 spiro atoms. The predicted molar refractivity (Wildman–Crippen MR) is 80.8 cm³/mol. The van der Waals surface area contributed by atoms with Gasteiger partial charge in [0.05, 0.1) is 11.7 Å². The molecule has 0 heterocycles. The molecule has 3 heteroatoms. The molecular formula is C16H27NO2. The Labute approximate surface area is 117 Å². The molecule has 0 saturated carbocycles. The van der Waals surface area contributed by atoms with E-state index in [0.29, 0.717) is 6.54 Å². The van der Waals surface area contributed by atoms with Crippen molar-refractivity contribution in [2.45, 2.75) is 58.7 Å². The smallest absolute Gasteiger partial charge is 0.121 e. The van der Waals surface area contributed by atoms with Crippen molar-refractivity contribution in [3.63, 3.8) is 0 Å². The quantitative estimate of drug-likeness (QED) is 0.750. The number of rotatable bonds is 8. The number of hydrogen-bond acceptors (Lipinski definition) is 3. The van der Waals surface area contributed by atoms with Crippen molar-refractivity contribution in [2.75, 3.05) is 11.9 Å². The first-order chi connectivity index (χ1) is 9.03. The van der Waals surface area contributed by atoms with Crippen molar-refractivity contribution < 1.29 is 9.84 Å². The average Bonchev–Trinajstić information content (AvgIpc) is 2.45. The van der Waals surface area contributed by atoms with Crippen molar-refractivity contribution in [2.24, 2.45) is 0 Å². The minimum Gasteiger partial charge on any atom is -0.491 e. The molecule has 0 aliphatic heterocycles. The number of hydrogen-bond donors (Lipinski definition) is 2. The van der Waals surface area contributed by atoms with Gasteiger partial charge in [-0.1, -0.05) is 26.8 Å². The summed E-state index contributed by atoms with van der Waals surface area (Å²) in [5.41, 5.74) is 0.356. The van der Waals surface area contributed by atoms with Crippen LogP contribution in [0.15, 0.2) is 24.3 Å². The average molecular weight is 265 g/mol. The minimum absolute atomic E-state index is 0.221. The Morgan fingerprint density at radius 2 is 1.95 bits per heavy atom. The van der Waals surface area contributed by atoms with Crippen LogP contribution in [0, 0.1) is 0 Å². The molecule has 108 valence electrons. The maximum absolute atomic E-state index is 10.2. The second-order valence-electron chi connectivity index (χ2n) is 5.15. The van der Waals surface area contributed by atoms with Gasteiger partial charge in [-0.05, 0) is 38.3 Å². The van der Waals surface area contributed by atoms with Gasteiger partial charge in [0.2, 0.25) is 0 Å². The van der Waals surface area contributed by atoms with Crippen molar-refractivity contribution >= 4 is 5.69 Å². The van der Waals surface area contributed by atoms with Crippen LogP contribution in [0.1, 0.15) is 47.0 Å². The van der Waals surface area contributed by atoms with E-state index in [9.17, 15) is 5.11 Å². The summed E-state index contributed by atoms with van der Waals surface area (Å²) < 4.78 is 5.79. The molecule has 0 aromatic heterocycles. The molecule has 2 N–H and O–H groups in total. The van der Waals surface area contributed by atoms with Crippen LogP contribution in [-0.4, -0.2) is 23.4 Å². The van der Waals surface area contributed by atoms with E-state index in [2.05, 4.69) is 19.2 Å². The Morgan fingerprint density at radius 1 is 1.26 bits per heavy atom. The molecular weight excluding hydrogens is 238 g/mol. The molecule has 3 nitrogen and oxygen atoms in total. The summed E-state index contributed by atoms with van der Waals surface area (Å²) in [7, 11) is 0. The topological polar surface area (TPSA) is 41.5 Å². The first kappa shape index (κ1) is 15.8. The molecule has 0 radical (unpaired) electrons. The third-order valence-corrected chi connectivity index (χ3v) is 3.68. The predicted octanol–water partition coefficient (Wildman–Crippen LogP) is 3.83. The Bertz CT molecular complexity index is 375. The zero-order chi connectivity index (χ0) is 14.3. The summed E-state index contributed by atoms with van der Waals surface area (Å²) in [6.45, 7) is 8.75. The standard InChI is InChI=1S/C16H27NO2/c1-5-13(4)19-15-10-8-9-14(11-15)17-12-16(18,6-2)7-3/h8-11,13,17-18H,5-7,12H2,1-4H3. The monoisotopic (exact) mass is 265 g/mol. The van der Waals surface area contributed by atoms with Crippen LogP contribution in [0.2, 0.25) is 0 Å². The summed E-state index contributed by atoms with van der Waals surface area (Å²) in [6.07, 6.45) is 2.71. The van der Waals surface area contributed by atoms with Gasteiger partial charge in [0.15, 0.2) is 0 Å². The van der Waals surface area contributed by atoms with Crippen LogP contribution in [0.4, 0.5) is 5.69 Å². The molecule has 0 aliphatic carbocycles. The Kier molecular flexibility index (Phi) is 6.16. The zero-order valence-corrected chi connectivity index (χ0v) is 12.6. The van der Waals surface area contributed by atoms with Gasteiger partial charge in [0, 0.05) is 18.3 Å². The largest absolute Gasteiger partial charge is 0.491 e. The van der Waals surface area contributed by atoms with Crippen LogP contribution in [0.5, 0.6) is 5.75 Å². The van der Waals surface area contributed by atoms with Crippen LogP contribution >= 0.6 is 0 Å². The lowest BCUT2D eigenvalue weighted by Gasteiger charge is -2.26. The maximum Gasteiger partial charge on any atom is 0.121 e. The fourth-order valence-electron chi connectivity index (χ4n) is 1.76. The molecule has 0 bridgehead atoms. The molecule has 1 unspecified atom stereocenters. The van der Waals surface area contributed by atoms with Crippen LogP contribution in [0.25, 0.3) is 0 Å². The highest BCUT2D eigenvalue weighted by Gasteiger charge is 2.21. The van der Waals surface area contributed by atoms with E-state index in [0.717, 1.165) is 30.7 Å². The SMILES string of the molecule is CCC(C)Oc1cccc(NCC(O)(CC)CC)c1. The van der Waals surface area contributed by atoms with Crippen LogP contribution in [-0.2, 0) is 0 Å². The zero-order valence-electron chi connectivity index (χ0n) is 12.6. The number of anilines is 1. The molecule has 0 aliphatic rings. The highest BCUT2D eigenvalue weighted by molar-refractivity contribution is 5.48. The second kappa shape index (κ2) is 7.39. The first-order valence-electron chi connectivity index (χ1n) is 7.26. The summed E-state index contributed by atoms with van der Waals surface area (Å²) in [5.74, 6) is 0.871. The number of ether oxygens (including phenoxy) is 1. The van der Waals surface area contributed by atoms with Gasteiger partial charge >= 0.3 is 0 Å². The molecule has 0 fully saturated rings. The molecule has 1 aromatic carbocycles. The third-order valence-electron chi connectivity index (χ3n) is 3.68. The first-order valence-corrected chi connectivity index (χ1v) is 7.26. The lowest BCUT2D eigenvalue weighted by atomic mass is 9.97. The van der Waals surface area contributed by atoms with Gasteiger partial charge in [-0.2, -0.15) is 0 Å². The highest BCUT2D eigenvalue weighted by Crippen LogP contribution is 2.21. The van der Waals surface area contributed by atoms with Gasteiger partial charge in [0.25, 0.3) is 0 Å². The second-order valence-corrected chi connectivity index (χ2v) is 5.15. The van der Waals surface area contributed by atoms with E-state index in [1.807, 2.05) is 38.1 Å². The van der Waals surface area contributed by atoms with E-state index in [1.54, 1.807) is 0 Å². The van der Waals surface area contributed by atoms with E-state index in [1.165, 1.54) is 0 Å². The maximum atomic E-state index is 10.2. The van der Waals surface area contributed by atoms with Gasteiger partial charge in [-0.25, -0.2) is 0 Å². The summed E-state index contributed by atoms with van der Waals surface area (Å²) in [4.78, 5) is 0. The van der Waals surface area contributed by atoms with Crippen molar-refractivity contribution in [1.29, 1.82) is 0 Å². The van der Waals surface area contributed by atoms with Crippen LogP contribution < -0.4 is 10.1 Å². The Balaban J connectivity index is 2.62. The minimum atomic E-state index is -0.631. The van der Waals surface area contributed by atoms with Crippen LogP contribution in [0.3, 0.4) is 0 Å². The molecule has 1 atom stereocenters. The Morgan fingerprint density at radius 3 is 2.53 bits per heavy atom. The molecule has 1 rings (SSSR count). The van der Waals surface area contributed by atoms with Gasteiger partial charge in [-0.3, -0.25) is 0 Å². The fourth-order valence-corrected chi connectivity index (χ4v) is 1.76. The summed E-state index contributed by atoms with van der Waals surface area (Å²) >= 11 is 0. The number of nitrogens with one attached hydrogen (secondary N) is 1. The van der Waals surface area contributed by atoms with E-state index in [4.69, 9.17) is 4.74 Å². The molecule has 0 saturated heterocycles. The number of benzene rings is 1. The van der Waals surface area contributed by atoms with Crippen molar-refractivity contribution in [3.8, 4) is 5.75 Å². The fraction of sp³-hybridized carbons (Fsp3) is 0.625. The number of aliphatic hydroxyl groups is 1. The molecule has 0 amide bonds. The lowest BCUT2D eigenvalue weighted by molar-refractivity contribution is 0.0457. The van der Waals surface area contributed by atoms with Gasteiger partial charge < -0.3 is 15.2 Å².